The Morgan fingerprint density at radius 3 is 1.82 bits per heavy atom. The molecule has 22 heavy (non-hydrogen) atoms. The monoisotopic (exact) mass is 326 g/mol. The topological polar surface area (TPSA) is 18.5 Å². The van der Waals surface area contributed by atoms with E-state index in [1.165, 1.54) is 44.9 Å². The lowest BCUT2D eigenvalue weighted by atomic mass is 9.90. The van der Waals surface area contributed by atoms with E-state index in [0.717, 1.165) is 49.0 Å². The molecule has 0 N–H and O–H groups in total. The van der Waals surface area contributed by atoms with Crippen molar-refractivity contribution in [2.75, 3.05) is 13.2 Å². The van der Waals surface area contributed by atoms with E-state index >= 15 is 0 Å². The Hall–Kier alpha value is 0.137. The van der Waals surface area contributed by atoms with Crippen molar-refractivity contribution in [1.29, 1.82) is 0 Å². The largest absolute Gasteiger partial charge is 0.394 e. The molecule has 2 nitrogen and oxygen atoms in total. The van der Waals surface area contributed by atoms with Crippen LogP contribution in [0.15, 0.2) is 0 Å². The predicted octanol–water partition coefficient (Wildman–Crippen LogP) is 6.05. The fourth-order valence-corrected chi connectivity index (χ4v) is 10.1. The van der Waals surface area contributed by atoms with Crippen molar-refractivity contribution in [2.45, 2.75) is 96.6 Å². The summed E-state index contributed by atoms with van der Waals surface area (Å²) in [6.07, 6.45) is 11.8. The zero-order valence-electron chi connectivity index (χ0n) is 15.4. The molecule has 0 heterocycles. The molecule has 3 heteroatoms. The molecule has 0 aromatic carbocycles. The van der Waals surface area contributed by atoms with Gasteiger partial charge in [-0.05, 0) is 50.4 Å². The van der Waals surface area contributed by atoms with Crippen LogP contribution in [-0.2, 0) is 8.85 Å². The van der Waals surface area contributed by atoms with E-state index in [9.17, 15) is 0 Å². The van der Waals surface area contributed by atoms with E-state index in [2.05, 4.69) is 27.7 Å². The number of rotatable bonds is 8. The average Bonchev–Trinajstić information content (AvgIpc) is 2.95. The van der Waals surface area contributed by atoms with Crippen molar-refractivity contribution in [3.8, 4) is 0 Å². The first-order chi connectivity index (χ1) is 10.6. The summed E-state index contributed by atoms with van der Waals surface area (Å²) in [5.41, 5.74) is 1.49. The lowest BCUT2D eigenvalue weighted by molar-refractivity contribution is 0.135. The van der Waals surface area contributed by atoms with Gasteiger partial charge in [0.05, 0.1) is 0 Å². The Morgan fingerprint density at radius 2 is 1.32 bits per heavy atom. The molecule has 4 unspecified atom stereocenters. The highest BCUT2D eigenvalue weighted by molar-refractivity contribution is 6.70. The first kappa shape index (κ1) is 18.5. The van der Waals surface area contributed by atoms with Crippen LogP contribution < -0.4 is 0 Å². The molecule has 2 saturated carbocycles. The van der Waals surface area contributed by atoms with E-state index in [1.54, 1.807) is 0 Å². The van der Waals surface area contributed by atoms with Gasteiger partial charge in [0, 0.05) is 24.3 Å². The predicted molar refractivity (Wildman–Crippen MR) is 96.4 cm³/mol. The molecule has 0 amide bonds. The maximum Gasteiger partial charge on any atom is 0.344 e. The van der Waals surface area contributed by atoms with Crippen molar-refractivity contribution in [1.82, 2.24) is 0 Å². The van der Waals surface area contributed by atoms with Gasteiger partial charge in [0.15, 0.2) is 0 Å². The minimum absolute atomic E-state index is 0.740. The van der Waals surface area contributed by atoms with Crippen LogP contribution in [0.3, 0.4) is 0 Å². The summed E-state index contributed by atoms with van der Waals surface area (Å²) in [6, 6.07) is 0. The molecule has 2 fully saturated rings. The molecule has 4 atom stereocenters. The molecule has 0 spiro atoms. The van der Waals surface area contributed by atoms with Crippen molar-refractivity contribution >= 4 is 8.56 Å². The van der Waals surface area contributed by atoms with E-state index in [4.69, 9.17) is 8.85 Å². The van der Waals surface area contributed by atoms with Gasteiger partial charge in [-0.3, -0.25) is 0 Å². The highest BCUT2D eigenvalue weighted by Crippen LogP contribution is 2.52. The summed E-state index contributed by atoms with van der Waals surface area (Å²) in [6.45, 7) is 11.1. The molecule has 0 saturated heterocycles. The Morgan fingerprint density at radius 1 is 0.773 bits per heavy atom. The molecule has 130 valence electrons. The van der Waals surface area contributed by atoms with E-state index in [1.807, 2.05) is 0 Å². The van der Waals surface area contributed by atoms with Crippen LogP contribution in [0, 0.1) is 11.8 Å². The maximum atomic E-state index is 6.72. The second kappa shape index (κ2) is 8.84. The van der Waals surface area contributed by atoms with Crippen LogP contribution in [0.25, 0.3) is 0 Å². The van der Waals surface area contributed by atoms with Crippen molar-refractivity contribution in [3.63, 3.8) is 0 Å². The Balaban J connectivity index is 2.21. The van der Waals surface area contributed by atoms with Crippen LogP contribution in [0.2, 0.25) is 11.1 Å². The SMILES string of the molecule is CCCO[Si](OCCC)(C1CCCC(C)C1)C1CCC(C)C1. The summed E-state index contributed by atoms with van der Waals surface area (Å²) in [4.78, 5) is 0. The average molecular weight is 327 g/mol. The van der Waals surface area contributed by atoms with Crippen LogP contribution >= 0.6 is 0 Å². The van der Waals surface area contributed by atoms with Gasteiger partial charge in [-0.15, -0.1) is 0 Å². The van der Waals surface area contributed by atoms with Crippen molar-refractivity contribution in [3.05, 3.63) is 0 Å². The molecule has 0 aromatic heterocycles. The molecule has 0 aliphatic heterocycles. The zero-order valence-corrected chi connectivity index (χ0v) is 16.4. The fraction of sp³-hybridized carbons (Fsp3) is 1.00. The summed E-state index contributed by atoms with van der Waals surface area (Å²) >= 11 is 0. The maximum absolute atomic E-state index is 6.72. The minimum Gasteiger partial charge on any atom is -0.394 e. The Bertz CT molecular complexity index is 313. The van der Waals surface area contributed by atoms with Gasteiger partial charge in [-0.1, -0.05) is 47.0 Å². The van der Waals surface area contributed by atoms with Crippen molar-refractivity contribution in [2.24, 2.45) is 11.8 Å². The highest BCUT2D eigenvalue weighted by Gasteiger charge is 2.54. The third kappa shape index (κ3) is 4.36. The Labute approximate surface area is 139 Å². The van der Waals surface area contributed by atoms with Gasteiger partial charge < -0.3 is 8.85 Å². The van der Waals surface area contributed by atoms with Crippen LogP contribution in [0.1, 0.15) is 85.5 Å². The van der Waals surface area contributed by atoms with Gasteiger partial charge in [0.2, 0.25) is 0 Å². The summed E-state index contributed by atoms with van der Waals surface area (Å²) in [7, 11) is -2.09. The zero-order chi connectivity index (χ0) is 16.0. The molecule has 0 aromatic rings. The van der Waals surface area contributed by atoms with Crippen molar-refractivity contribution < 1.29 is 8.85 Å². The lowest BCUT2D eigenvalue weighted by Gasteiger charge is -2.44. The molecular formula is C19H38O2Si. The summed E-state index contributed by atoms with van der Waals surface area (Å²) in [5.74, 6) is 1.73. The van der Waals surface area contributed by atoms with Gasteiger partial charge >= 0.3 is 8.56 Å². The lowest BCUT2D eigenvalue weighted by Crippen LogP contribution is -2.52. The highest BCUT2D eigenvalue weighted by atomic mass is 28.4. The quantitative estimate of drug-likeness (QED) is 0.505. The standard InChI is InChI=1S/C19H38O2Si/c1-5-12-20-22(21-13-6-2,19-11-10-17(4)15-19)18-9-7-8-16(3)14-18/h16-19H,5-15H2,1-4H3. The van der Waals surface area contributed by atoms with Gasteiger partial charge in [0.1, 0.15) is 0 Å². The summed E-state index contributed by atoms with van der Waals surface area (Å²) < 4.78 is 13.4. The first-order valence-corrected chi connectivity index (χ1v) is 11.9. The minimum atomic E-state index is -2.09. The number of hydrogen-bond acceptors (Lipinski definition) is 2. The first-order valence-electron chi connectivity index (χ1n) is 9.90. The second-order valence-electron chi connectivity index (χ2n) is 8.00. The van der Waals surface area contributed by atoms with Crippen LogP contribution in [0.5, 0.6) is 0 Å². The fourth-order valence-electron chi connectivity index (χ4n) is 4.74. The normalized spacial score (nSPS) is 33.3. The van der Waals surface area contributed by atoms with Crippen LogP contribution in [0.4, 0.5) is 0 Å². The van der Waals surface area contributed by atoms with Gasteiger partial charge in [-0.2, -0.15) is 0 Å². The van der Waals surface area contributed by atoms with E-state index < -0.39 is 8.56 Å². The van der Waals surface area contributed by atoms with Gasteiger partial charge in [-0.25, -0.2) is 0 Å². The van der Waals surface area contributed by atoms with E-state index in [0.29, 0.717) is 0 Å². The summed E-state index contributed by atoms with van der Waals surface area (Å²) in [5, 5.41) is 0. The molecule has 0 bridgehead atoms. The second-order valence-corrected chi connectivity index (χ2v) is 11.7. The smallest absolute Gasteiger partial charge is 0.344 e. The van der Waals surface area contributed by atoms with E-state index in [-0.39, 0.29) is 0 Å². The molecular weight excluding hydrogens is 288 g/mol. The molecule has 0 radical (unpaired) electrons. The molecule has 2 aliphatic rings. The molecule has 2 rings (SSSR count). The molecule has 2 aliphatic carbocycles. The third-order valence-corrected chi connectivity index (χ3v) is 10.5. The third-order valence-electron chi connectivity index (χ3n) is 5.83. The van der Waals surface area contributed by atoms with Crippen LogP contribution in [-0.4, -0.2) is 21.8 Å². The number of hydrogen-bond donors (Lipinski definition) is 0. The van der Waals surface area contributed by atoms with Gasteiger partial charge in [0.25, 0.3) is 0 Å². The Kier molecular flexibility index (Phi) is 7.42.